The zero-order valence-corrected chi connectivity index (χ0v) is 26.1. The third-order valence-corrected chi connectivity index (χ3v) is 8.50. The minimum Gasteiger partial charge on any atom is -0.354 e. The molecule has 8 heterocycles. The van der Waals surface area contributed by atoms with E-state index in [1.54, 1.807) is 18.5 Å². The van der Waals surface area contributed by atoms with Gasteiger partial charge in [-0.3, -0.25) is 0 Å². The molecular formula is C34H29N13. The maximum absolute atomic E-state index is 5.18. The van der Waals surface area contributed by atoms with Crippen molar-refractivity contribution in [3.63, 3.8) is 0 Å². The van der Waals surface area contributed by atoms with Crippen molar-refractivity contribution in [3.8, 4) is 34.2 Å². The molecule has 2 N–H and O–H groups in total. The zero-order chi connectivity index (χ0) is 31.8. The van der Waals surface area contributed by atoms with Gasteiger partial charge in [0.15, 0.2) is 5.82 Å². The summed E-state index contributed by atoms with van der Waals surface area (Å²) in [5, 5.41) is 9.13. The predicted octanol–water partition coefficient (Wildman–Crippen LogP) is 5.90. The Bertz CT molecular complexity index is 2420. The number of hydrogen-bond acceptors (Lipinski definition) is 8. The summed E-state index contributed by atoms with van der Waals surface area (Å²) < 4.78 is 10.1. The third-order valence-electron chi connectivity index (χ3n) is 8.50. The van der Waals surface area contributed by atoms with Crippen molar-refractivity contribution < 1.29 is 0 Å². The highest BCUT2D eigenvalue weighted by molar-refractivity contribution is 6.12. The number of nitrogens with one attached hydrogen (secondary N) is 2. The molecule has 0 amide bonds. The molecule has 47 heavy (non-hydrogen) atoms. The van der Waals surface area contributed by atoms with Crippen LogP contribution in [0.1, 0.15) is 0 Å². The van der Waals surface area contributed by atoms with E-state index in [0.29, 0.717) is 23.2 Å². The summed E-state index contributed by atoms with van der Waals surface area (Å²) in [4.78, 5) is 29.0. The van der Waals surface area contributed by atoms with Crippen molar-refractivity contribution in [3.05, 3.63) is 92.0 Å². The number of anilines is 4. The molecule has 13 heteroatoms. The van der Waals surface area contributed by atoms with Gasteiger partial charge in [0.25, 0.3) is 0 Å². The lowest BCUT2D eigenvalue weighted by Gasteiger charge is -2.15. The van der Waals surface area contributed by atoms with Gasteiger partial charge in [-0.15, -0.1) is 0 Å². The van der Waals surface area contributed by atoms with Crippen LogP contribution < -0.4 is 10.6 Å². The highest BCUT2D eigenvalue weighted by Gasteiger charge is 2.25. The van der Waals surface area contributed by atoms with E-state index < -0.39 is 0 Å². The summed E-state index contributed by atoms with van der Waals surface area (Å²) >= 11 is 0. The lowest BCUT2D eigenvalue weighted by Crippen LogP contribution is -2.09. The standard InChI is InChI=1S/C34H29N13/c1-43-16-22(24(18-43)37-26-8-5-14-45(26)3)28-20-10-11-21-29(23-17-44(2)19-25(23)38-27-9-6-15-46(27)4)40-34-42-32(31-35-12-7-13-36-31)41-33(39-28)47(34)30(20)21/h5-19,37-38H,1-4H3. The average molecular weight is 620 g/mol. The van der Waals surface area contributed by atoms with Gasteiger partial charge in [-0.2, -0.15) is 9.97 Å². The van der Waals surface area contributed by atoms with Crippen LogP contribution in [0.5, 0.6) is 0 Å². The maximum Gasteiger partial charge on any atom is 0.239 e. The van der Waals surface area contributed by atoms with E-state index in [1.165, 1.54) is 0 Å². The fourth-order valence-electron chi connectivity index (χ4n) is 6.29. The van der Waals surface area contributed by atoms with Gasteiger partial charge in [-0.25, -0.2) is 24.3 Å². The minimum absolute atomic E-state index is 0.349. The van der Waals surface area contributed by atoms with Gasteiger partial charge in [0.1, 0.15) is 11.6 Å². The molecule has 9 rings (SSSR count). The highest BCUT2D eigenvalue weighted by atomic mass is 15.2. The van der Waals surface area contributed by atoms with Crippen LogP contribution in [0.4, 0.5) is 23.0 Å². The first-order valence-corrected chi connectivity index (χ1v) is 15.1. The van der Waals surface area contributed by atoms with Crippen LogP contribution in [-0.4, -0.2) is 52.6 Å². The van der Waals surface area contributed by atoms with Crippen LogP contribution >= 0.6 is 0 Å². The molecule has 0 aliphatic carbocycles. The number of hydrogen-bond donors (Lipinski definition) is 2. The van der Waals surface area contributed by atoms with E-state index >= 15 is 0 Å². The second-order valence-corrected chi connectivity index (χ2v) is 11.7. The van der Waals surface area contributed by atoms with Gasteiger partial charge < -0.3 is 28.9 Å². The Labute approximate surface area is 268 Å². The van der Waals surface area contributed by atoms with E-state index in [2.05, 4.69) is 57.5 Å². The van der Waals surface area contributed by atoms with Gasteiger partial charge in [-0.1, -0.05) is 0 Å². The summed E-state index contributed by atoms with van der Waals surface area (Å²) in [6.45, 7) is 0. The van der Waals surface area contributed by atoms with Gasteiger partial charge >= 0.3 is 0 Å². The fraction of sp³-hybridized carbons (Fsp3) is 0.118. The van der Waals surface area contributed by atoms with E-state index in [9.17, 15) is 0 Å². The molecule has 0 aliphatic heterocycles. The average Bonchev–Trinajstić information content (AvgIpc) is 3.91. The van der Waals surface area contributed by atoms with Crippen LogP contribution in [0, 0.1) is 0 Å². The number of rotatable bonds is 7. The molecule has 0 saturated carbocycles. The molecule has 8 aromatic heterocycles. The molecular weight excluding hydrogens is 590 g/mol. The van der Waals surface area contributed by atoms with E-state index in [4.69, 9.17) is 19.9 Å². The highest BCUT2D eigenvalue weighted by Crippen LogP contribution is 2.42. The normalized spacial score (nSPS) is 11.8. The van der Waals surface area contributed by atoms with Gasteiger partial charge in [-0.05, 0) is 42.5 Å². The first-order valence-electron chi connectivity index (χ1n) is 15.1. The van der Waals surface area contributed by atoms with Crippen LogP contribution in [-0.2, 0) is 28.2 Å². The Balaban J connectivity index is 1.33. The minimum atomic E-state index is 0.349. The molecule has 0 aliphatic rings. The van der Waals surface area contributed by atoms with Crippen molar-refractivity contribution in [2.24, 2.45) is 28.2 Å². The molecule has 0 spiro atoms. The summed E-state index contributed by atoms with van der Waals surface area (Å²) in [5.74, 6) is 3.60. The summed E-state index contributed by atoms with van der Waals surface area (Å²) in [5.41, 5.74) is 6.28. The summed E-state index contributed by atoms with van der Waals surface area (Å²) in [6.07, 6.45) is 15.7. The monoisotopic (exact) mass is 619 g/mol. The van der Waals surface area contributed by atoms with E-state index in [-0.39, 0.29) is 0 Å². The Hall–Kier alpha value is -6.50. The van der Waals surface area contributed by atoms with E-state index in [1.807, 2.05) is 87.5 Å². The second kappa shape index (κ2) is 10.0. The van der Waals surface area contributed by atoms with Gasteiger partial charge in [0.2, 0.25) is 17.4 Å². The number of nitrogens with zero attached hydrogens (tertiary/aromatic N) is 11. The van der Waals surface area contributed by atoms with Crippen LogP contribution in [0.2, 0.25) is 0 Å². The number of aryl methyl sites for hydroxylation is 4. The third kappa shape index (κ3) is 4.24. The molecule has 230 valence electrons. The summed E-state index contributed by atoms with van der Waals surface area (Å²) in [7, 11) is 8.05. The smallest absolute Gasteiger partial charge is 0.239 e. The SMILES string of the molecule is Cn1cc(Nc2cccn2C)c(-c2nc3nc(-c4ncccn4)nc4nc(-c5cn(C)cc5Nc5cccn5C)c5ccc2c5n34)c1. The Morgan fingerprint density at radius 1 is 0.553 bits per heavy atom. The Kier molecular flexibility index (Phi) is 5.72. The lowest BCUT2D eigenvalue weighted by molar-refractivity contribution is 0.924. The molecule has 0 atom stereocenters. The topological polar surface area (TPSA) is 126 Å². The molecule has 0 unspecified atom stereocenters. The molecule has 13 nitrogen and oxygen atoms in total. The molecule has 9 aromatic rings. The van der Waals surface area contributed by atoms with Crippen molar-refractivity contribution in [1.82, 2.24) is 52.6 Å². The first-order chi connectivity index (χ1) is 22.9. The summed E-state index contributed by atoms with van der Waals surface area (Å²) in [6, 6.07) is 14.1. The second-order valence-electron chi connectivity index (χ2n) is 11.7. The predicted molar refractivity (Wildman–Crippen MR) is 182 cm³/mol. The van der Waals surface area contributed by atoms with Crippen molar-refractivity contribution >= 4 is 50.9 Å². The van der Waals surface area contributed by atoms with Crippen molar-refractivity contribution in [2.75, 3.05) is 10.6 Å². The van der Waals surface area contributed by atoms with Crippen LogP contribution in [0.3, 0.4) is 0 Å². The lowest BCUT2D eigenvalue weighted by atomic mass is 10.1. The fourth-order valence-corrected chi connectivity index (χ4v) is 6.29. The Morgan fingerprint density at radius 3 is 1.53 bits per heavy atom. The first kappa shape index (κ1) is 26.9. The van der Waals surface area contributed by atoms with Crippen LogP contribution in [0.15, 0.2) is 92.0 Å². The molecule has 0 saturated heterocycles. The maximum atomic E-state index is 5.18. The van der Waals surface area contributed by atoms with Crippen LogP contribution in [0.25, 0.3) is 62.0 Å². The molecule has 0 fully saturated rings. The molecule has 0 radical (unpaired) electrons. The molecule has 1 aromatic carbocycles. The Morgan fingerprint density at radius 2 is 1.06 bits per heavy atom. The van der Waals surface area contributed by atoms with Crippen molar-refractivity contribution in [1.29, 1.82) is 0 Å². The quantitative estimate of drug-likeness (QED) is 0.226. The number of aromatic nitrogens is 11. The molecule has 0 bridgehead atoms. The largest absolute Gasteiger partial charge is 0.354 e. The zero-order valence-electron chi connectivity index (χ0n) is 26.1. The van der Waals surface area contributed by atoms with Crippen molar-refractivity contribution in [2.45, 2.75) is 0 Å². The van der Waals surface area contributed by atoms with Gasteiger partial charge in [0, 0.05) is 99.7 Å². The van der Waals surface area contributed by atoms with E-state index in [0.717, 1.165) is 61.8 Å². The van der Waals surface area contributed by atoms with Gasteiger partial charge in [0.05, 0.1) is 28.3 Å².